The molecule has 2 heterocycles. The maximum atomic E-state index is 11.1. The fraction of sp³-hybridized carbons (Fsp3) is 0.226. The highest BCUT2D eigenvalue weighted by Gasteiger charge is 2.21. The normalized spacial score (nSPS) is 10.1. The molecular weight excluding hydrogens is 646 g/mol. The van der Waals surface area contributed by atoms with Crippen LogP contribution in [-0.2, 0) is 15.3 Å². The molecule has 0 radical (unpaired) electrons. The number of thioether (sulfide) groups is 1. The summed E-state index contributed by atoms with van der Waals surface area (Å²) in [5, 5.41) is 23.7. The van der Waals surface area contributed by atoms with Crippen molar-refractivity contribution in [3.63, 3.8) is 0 Å². The molecule has 238 valence electrons. The molecule has 0 unspecified atom stereocenters. The van der Waals surface area contributed by atoms with E-state index in [0.717, 1.165) is 29.2 Å². The van der Waals surface area contributed by atoms with E-state index in [9.17, 15) is 15.3 Å². The van der Waals surface area contributed by atoms with Crippen LogP contribution in [0.1, 0.15) is 30.2 Å². The molecule has 2 aromatic heterocycles. The van der Waals surface area contributed by atoms with Crippen molar-refractivity contribution in [2.45, 2.75) is 24.1 Å². The lowest BCUT2D eigenvalue weighted by molar-refractivity contribution is -0.142. The number of nitrogen functional groups attached to an aromatic ring is 1. The van der Waals surface area contributed by atoms with Crippen molar-refractivity contribution in [3.05, 3.63) is 75.8 Å². The summed E-state index contributed by atoms with van der Waals surface area (Å²) in [6.07, 6.45) is 0.998. The Balaban J connectivity index is 0.000000738. The lowest BCUT2D eigenvalue weighted by Gasteiger charge is -2.13. The topological polar surface area (TPSA) is 225 Å². The second kappa shape index (κ2) is 18.2. The smallest absolute Gasteiger partial charge is 0.319 e. The number of carbonyl (C=O) groups excluding carboxylic acids is 1. The van der Waals surface area contributed by atoms with Crippen molar-refractivity contribution in [1.29, 1.82) is 10.5 Å². The number of nitrogens with two attached hydrogens (primary N) is 4. The number of aliphatic imine (C=N–C) groups is 1. The van der Waals surface area contributed by atoms with Gasteiger partial charge in [-0.25, -0.2) is 9.97 Å². The fourth-order valence-corrected chi connectivity index (χ4v) is 5.71. The monoisotopic (exact) mass is 677 g/mol. The summed E-state index contributed by atoms with van der Waals surface area (Å²) in [4.78, 5) is 23.9. The number of nitriles is 2. The van der Waals surface area contributed by atoms with Crippen LogP contribution in [0.25, 0.3) is 21.7 Å². The van der Waals surface area contributed by atoms with Crippen LogP contribution in [-0.4, -0.2) is 48.2 Å². The van der Waals surface area contributed by atoms with Crippen LogP contribution in [0.15, 0.2) is 63.9 Å². The molecule has 0 bridgehead atoms. The Hall–Kier alpha value is -4.86. The number of ether oxygens (including phenoxy) is 2. The number of aromatic nitrogens is 2. The van der Waals surface area contributed by atoms with Gasteiger partial charge in [0.1, 0.15) is 52.5 Å². The lowest BCUT2D eigenvalue weighted by Crippen LogP contribution is -2.22. The molecule has 12 nitrogen and oxygen atoms in total. The number of thiazole rings is 1. The first-order valence-corrected chi connectivity index (χ1v) is 16.1. The van der Waals surface area contributed by atoms with Gasteiger partial charge in [-0.1, -0.05) is 54.6 Å². The van der Waals surface area contributed by atoms with E-state index in [2.05, 4.69) is 27.1 Å². The molecule has 0 fully saturated rings. The van der Waals surface area contributed by atoms with E-state index in [-0.39, 0.29) is 42.7 Å². The molecule has 0 amide bonds. The number of hydrogen-bond acceptors (Lipinski definition) is 12. The minimum absolute atomic E-state index is 0.0381. The first kappa shape index (κ1) is 35.6. The zero-order valence-corrected chi connectivity index (χ0v) is 27.3. The summed E-state index contributed by atoms with van der Waals surface area (Å²) < 4.78 is 10.5. The first-order chi connectivity index (χ1) is 22.2. The second-order valence-corrected chi connectivity index (χ2v) is 11.5. The third kappa shape index (κ3) is 10.4. The molecule has 2 aromatic carbocycles. The van der Waals surface area contributed by atoms with Gasteiger partial charge in [0, 0.05) is 33.8 Å². The Labute approximate surface area is 280 Å². The van der Waals surface area contributed by atoms with E-state index in [1.807, 2.05) is 36.6 Å². The summed E-state index contributed by atoms with van der Waals surface area (Å²) >= 11 is 8.82. The average molecular weight is 678 g/mol. The highest BCUT2D eigenvalue weighted by atomic mass is 35.5. The quantitative estimate of drug-likeness (QED) is 0.0526. The van der Waals surface area contributed by atoms with Crippen molar-refractivity contribution in [2.75, 3.05) is 32.0 Å². The van der Waals surface area contributed by atoms with Crippen LogP contribution < -0.4 is 27.7 Å². The Morgan fingerprint density at radius 3 is 2.28 bits per heavy atom. The van der Waals surface area contributed by atoms with Gasteiger partial charge in [0.15, 0.2) is 5.96 Å². The zero-order chi connectivity index (χ0) is 33.5. The van der Waals surface area contributed by atoms with Crippen LogP contribution >= 0.6 is 34.7 Å². The number of carbonyl (C=O) groups is 1. The molecule has 8 N–H and O–H groups in total. The molecule has 0 saturated heterocycles. The molecule has 0 aliphatic rings. The molecular formula is C31H32ClN9O3S2. The predicted molar refractivity (Wildman–Crippen MR) is 182 cm³/mol. The summed E-state index contributed by atoms with van der Waals surface area (Å²) in [5.41, 5.74) is 24.5. The molecule has 0 atom stereocenters. The Morgan fingerprint density at radius 1 is 1.02 bits per heavy atom. The molecule has 0 saturated carbocycles. The van der Waals surface area contributed by atoms with E-state index >= 15 is 0 Å². The largest absolute Gasteiger partial charge is 0.490 e. The van der Waals surface area contributed by atoms with Gasteiger partial charge >= 0.3 is 5.97 Å². The van der Waals surface area contributed by atoms with E-state index in [1.54, 1.807) is 24.3 Å². The third-order valence-corrected chi connectivity index (χ3v) is 8.06. The fourth-order valence-electron chi connectivity index (χ4n) is 3.76. The van der Waals surface area contributed by atoms with Crippen LogP contribution in [0.3, 0.4) is 0 Å². The first-order valence-electron chi connectivity index (χ1n) is 13.8. The summed E-state index contributed by atoms with van der Waals surface area (Å²) in [6, 6.07) is 18.6. The van der Waals surface area contributed by atoms with E-state index in [4.69, 9.17) is 44.0 Å². The van der Waals surface area contributed by atoms with Gasteiger partial charge in [-0.15, -0.1) is 11.3 Å². The number of anilines is 1. The highest BCUT2D eigenvalue weighted by Crippen LogP contribution is 2.37. The maximum absolute atomic E-state index is 11.1. The van der Waals surface area contributed by atoms with Crippen molar-refractivity contribution in [3.8, 4) is 39.6 Å². The van der Waals surface area contributed by atoms with Gasteiger partial charge < -0.3 is 32.4 Å². The number of pyridine rings is 1. The van der Waals surface area contributed by atoms with Crippen molar-refractivity contribution >= 4 is 52.4 Å². The zero-order valence-electron chi connectivity index (χ0n) is 24.9. The molecule has 4 rings (SSSR count). The summed E-state index contributed by atoms with van der Waals surface area (Å²) in [6.45, 7) is 2.78. The number of guanidine groups is 1. The molecule has 0 aliphatic heterocycles. The van der Waals surface area contributed by atoms with Gasteiger partial charge in [-0.05, 0) is 36.2 Å². The van der Waals surface area contributed by atoms with E-state index < -0.39 is 5.97 Å². The SMILES string of the molecule is CCCN=C(N)N.N#Cc1c(N)nc(SCc2csc(-c3ccc(Cl)cc3)n2)c(C#N)c1-c1ccc(OCCOC(=O)CN)cc1. The maximum Gasteiger partial charge on any atom is 0.319 e. The van der Waals surface area contributed by atoms with Crippen LogP contribution in [0, 0.1) is 22.7 Å². The van der Waals surface area contributed by atoms with Gasteiger partial charge in [0.2, 0.25) is 0 Å². The minimum Gasteiger partial charge on any atom is -0.490 e. The highest BCUT2D eigenvalue weighted by molar-refractivity contribution is 7.98. The lowest BCUT2D eigenvalue weighted by atomic mass is 9.97. The molecule has 46 heavy (non-hydrogen) atoms. The molecule has 0 spiro atoms. The van der Waals surface area contributed by atoms with Crippen LogP contribution in [0.2, 0.25) is 5.02 Å². The molecule has 0 aliphatic carbocycles. The van der Waals surface area contributed by atoms with Gasteiger partial charge in [0.25, 0.3) is 0 Å². The van der Waals surface area contributed by atoms with Crippen molar-refractivity contribution in [1.82, 2.24) is 9.97 Å². The van der Waals surface area contributed by atoms with Gasteiger partial charge in [0.05, 0.1) is 17.8 Å². The number of halogens is 1. The predicted octanol–water partition coefficient (Wildman–Crippen LogP) is 4.69. The van der Waals surface area contributed by atoms with E-state index in [0.29, 0.717) is 32.7 Å². The Kier molecular flexibility index (Phi) is 14.1. The summed E-state index contributed by atoms with van der Waals surface area (Å²) in [5.74, 6) is 0.690. The van der Waals surface area contributed by atoms with Crippen LogP contribution in [0.4, 0.5) is 5.82 Å². The molecule has 15 heteroatoms. The van der Waals surface area contributed by atoms with Crippen molar-refractivity contribution < 1.29 is 14.3 Å². The van der Waals surface area contributed by atoms with Gasteiger partial charge in [-0.2, -0.15) is 10.5 Å². The summed E-state index contributed by atoms with van der Waals surface area (Å²) in [7, 11) is 0. The number of benzene rings is 2. The standard InChI is InChI=1S/C27H21ClN6O3S2.C4H11N3/c28-18-5-1-17(2-6-18)26-33-19(14-38-26)15-39-27-22(12-30)24(21(11-29)25(32)34-27)16-3-7-20(8-4-16)36-9-10-37-23(35)13-31;1-2-3-7-4(5)6/h1-8,14H,9-10,13,15,31H2,(H2,32,34);2-3H2,1H3,(H4,5,6,7). The second-order valence-electron chi connectivity index (χ2n) is 9.19. The molecule has 4 aromatic rings. The van der Waals surface area contributed by atoms with Gasteiger partial charge in [-0.3, -0.25) is 9.79 Å². The number of nitrogens with zero attached hydrogens (tertiary/aromatic N) is 5. The van der Waals surface area contributed by atoms with Crippen molar-refractivity contribution in [2.24, 2.45) is 22.2 Å². The Morgan fingerprint density at radius 2 is 1.70 bits per heavy atom. The van der Waals surface area contributed by atoms with E-state index in [1.165, 1.54) is 23.1 Å². The number of rotatable bonds is 12. The average Bonchev–Trinajstić information content (AvgIpc) is 3.54. The van der Waals surface area contributed by atoms with Crippen LogP contribution in [0.5, 0.6) is 5.75 Å². The number of hydrogen-bond donors (Lipinski definition) is 4. The third-order valence-electron chi connectivity index (χ3n) is 5.86. The minimum atomic E-state index is -0.511. The number of esters is 1. The Bertz CT molecular complexity index is 1730.